The smallest absolute Gasteiger partial charge is 0.263 e. The van der Waals surface area contributed by atoms with Crippen molar-refractivity contribution in [2.24, 2.45) is 0 Å². The minimum atomic E-state index is -0.293. The summed E-state index contributed by atoms with van der Waals surface area (Å²) in [4.78, 5) is 20.2. The molecule has 3 aromatic carbocycles. The van der Waals surface area contributed by atoms with Crippen LogP contribution in [-0.4, -0.2) is 15.8 Å². The summed E-state index contributed by atoms with van der Waals surface area (Å²) in [6, 6.07) is 26.4. The number of aromatic nitrogens is 2. The number of halogens is 1. The van der Waals surface area contributed by atoms with E-state index in [4.69, 9.17) is 20.8 Å². The summed E-state index contributed by atoms with van der Waals surface area (Å²) >= 11 is 6.22. The lowest BCUT2D eigenvalue weighted by atomic mass is 10.1. The van der Waals surface area contributed by atoms with Crippen molar-refractivity contribution in [3.05, 3.63) is 118 Å². The molecule has 0 atom stereocenters. The first-order valence-electron chi connectivity index (χ1n) is 10.2. The van der Waals surface area contributed by atoms with Crippen molar-refractivity contribution in [3.63, 3.8) is 0 Å². The van der Waals surface area contributed by atoms with E-state index in [1.165, 1.54) is 0 Å². The number of aromatic amines is 1. The molecule has 5 nitrogen and oxygen atoms in total. The third kappa shape index (κ3) is 4.29. The summed E-state index contributed by atoms with van der Waals surface area (Å²) in [6.07, 6.45) is 0.443. The number of hydrogen-bond donors (Lipinski definition) is 1. The minimum Gasteiger partial charge on any atom is -0.489 e. The van der Waals surface area contributed by atoms with Gasteiger partial charge < -0.3 is 14.1 Å². The Morgan fingerprint density at radius 2 is 1.78 bits per heavy atom. The quantitative estimate of drug-likeness (QED) is 0.304. The van der Waals surface area contributed by atoms with Gasteiger partial charge >= 0.3 is 0 Å². The van der Waals surface area contributed by atoms with Crippen molar-refractivity contribution in [1.29, 1.82) is 0 Å². The Labute approximate surface area is 189 Å². The van der Waals surface area contributed by atoms with Crippen LogP contribution in [0.15, 0.2) is 89.3 Å². The molecule has 0 saturated carbocycles. The predicted octanol–water partition coefficient (Wildman–Crippen LogP) is 6.21. The molecule has 0 amide bonds. The largest absolute Gasteiger partial charge is 0.489 e. The Balaban J connectivity index is 1.34. The third-order valence-corrected chi connectivity index (χ3v) is 5.35. The fraction of sp³-hybridized carbons (Fsp3) is 0.0769. The van der Waals surface area contributed by atoms with E-state index in [1.807, 2.05) is 66.7 Å². The molecule has 0 aliphatic rings. The number of ketones is 1. The Morgan fingerprint density at radius 1 is 0.969 bits per heavy atom. The number of H-pyrrole nitrogens is 1. The molecular weight excluding hydrogens is 424 g/mol. The van der Waals surface area contributed by atoms with Gasteiger partial charge in [0.1, 0.15) is 18.1 Å². The van der Waals surface area contributed by atoms with Gasteiger partial charge in [-0.25, -0.2) is 4.98 Å². The number of ether oxygens (including phenoxy) is 1. The predicted molar refractivity (Wildman–Crippen MR) is 123 cm³/mol. The van der Waals surface area contributed by atoms with Crippen molar-refractivity contribution in [2.45, 2.75) is 13.0 Å². The Morgan fingerprint density at radius 3 is 2.62 bits per heavy atom. The number of carbonyl (C=O) groups is 1. The Bertz CT molecular complexity index is 1360. The van der Waals surface area contributed by atoms with Gasteiger partial charge in [0.15, 0.2) is 11.6 Å². The van der Waals surface area contributed by atoms with Gasteiger partial charge in [-0.15, -0.1) is 0 Å². The molecule has 158 valence electrons. The number of nitrogens with zero attached hydrogens (tertiary/aromatic N) is 1. The molecule has 0 aliphatic heterocycles. The van der Waals surface area contributed by atoms with Gasteiger partial charge in [0.2, 0.25) is 0 Å². The molecule has 2 aromatic heterocycles. The topological polar surface area (TPSA) is 68.1 Å². The molecule has 0 unspecified atom stereocenters. The second kappa shape index (κ2) is 8.73. The lowest BCUT2D eigenvalue weighted by molar-refractivity contribution is 0.0999. The molecule has 0 bridgehead atoms. The molecular formula is C26H19ClN2O3. The third-order valence-electron chi connectivity index (χ3n) is 5.11. The summed E-state index contributed by atoms with van der Waals surface area (Å²) in [5.41, 5.74) is 3.50. The highest BCUT2D eigenvalue weighted by atomic mass is 35.5. The zero-order valence-corrected chi connectivity index (χ0v) is 17.8. The summed E-state index contributed by atoms with van der Waals surface area (Å²) in [6.45, 7) is 0.448. The van der Waals surface area contributed by atoms with Crippen molar-refractivity contribution >= 4 is 28.4 Å². The van der Waals surface area contributed by atoms with Crippen LogP contribution in [0, 0.1) is 0 Å². The highest BCUT2D eigenvalue weighted by molar-refractivity contribution is 6.30. The summed E-state index contributed by atoms with van der Waals surface area (Å²) in [5.74, 6) is 1.55. The Hall–Kier alpha value is -3.83. The fourth-order valence-electron chi connectivity index (χ4n) is 3.52. The fourth-order valence-corrected chi connectivity index (χ4v) is 3.72. The van der Waals surface area contributed by atoms with E-state index in [1.54, 1.807) is 18.2 Å². The standard InChI is InChI=1S/C26H19ClN2O3/c27-19-10-12-23(31-16-17-6-2-1-3-7-17)18(14-19)15-20-11-13-24(32-20)25(30)26-28-21-8-4-5-9-22(21)29-26/h1-14H,15-16H2,(H,28,29). The maximum atomic E-state index is 12.8. The van der Waals surface area contributed by atoms with Gasteiger partial charge in [0.05, 0.1) is 11.0 Å². The van der Waals surface area contributed by atoms with Crippen LogP contribution in [0.2, 0.25) is 5.02 Å². The molecule has 0 spiro atoms. The van der Waals surface area contributed by atoms with Gasteiger partial charge in [0, 0.05) is 17.0 Å². The first-order valence-corrected chi connectivity index (χ1v) is 10.6. The Kier molecular flexibility index (Phi) is 5.48. The second-order valence-corrected chi connectivity index (χ2v) is 7.84. The molecule has 32 heavy (non-hydrogen) atoms. The first-order chi connectivity index (χ1) is 15.7. The monoisotopic (exact) mass is 442 g/mol. The molecule has 6 heteroatoms. The SMILES string of the molecule is O=C(c1nc2ccccc2[nH]1)c1ccc(Cc2cc(Cl)ccc2OCc2ccccc2)o1. The maximum absolute atomic E-state index is 12.8. The number of carbonyl (C=O) groups excluding carboxylic acids is 1. The molecule has 5 aromatic rings. The summed E-state index contributed by atoms with van der Waals surface area (Å²) < 4.78 is 11.9. The van der Waals surface area contributed by atoms with Crippen molar-refractivity contribution in [3.8, 4) is 5.75 Å². The van der Waals surface area contributed by atoms with Crippen LogP contribution in [0.25, 0.3) is 11.0 Å². The zero-order chi connectivity index (χ0) is 21.9. The number of hydrogen-bond acceptors (Lipinski definition) is 4. The lowest BCUT2D eigenvalue weighted by Gasteiger charge is -2.11. The van der Waals surface area contributed by atoms with Crippen LogP contribution in [-0.2, 0) is 13.0 Å². The average Bonchev–Trinajstić information content (AvgIpc) is 3.46. The van der Waals surface area contributed by atoms with Gasteiger partial charge in [0.25, 0.3) is 5.78 Å². The maximum Gasteiger partial charge on any atom is 0.263 e. The van der Waals surface area contributed by atoms with Crippen molar-refractivity contribution in [1.82, 2.24) is 9.97 Å². The second-order valence-electron chi connectivity index (χ2n) is 7.40. The lowest BCUT2D eigenvalue weighted by Crippen LogP contribution is -2.02. The van der Waals surface area contributed by atoms with Crippen LogP contribution < -0.4 is 4.74 Å². The number of imidazole rings is 1. The number of rotatable bonds is 7. The molecule has 0 fully saturated rings. The van der Waals surface area contributed by atoms with Gasteiger partial charge in [-0.1, -0.05) is 54.1 Å². The normalized spacial score (nSPS) is 11.0. The molecule has 2 heterocycles. The summed E-state index contributed by atoms with van der Waals surface area (Å²) in [7, 11) is 0. The summed E-state index contributed by atoms with van der Waals surface area (Å²) in [5, 5.41) is 0.609. The molecule has 5 rings (SSSR count). The van der Waals surface area contributed by atoms with Gasteiger partial charge in [-0.3, -0.25) is 4.79 Å². The van der Waals surface area contributed by atoms with Crippen LogP contribution in [0.1, 0.15) is 33.3 Å². The van der Waals surface area contributed by atoms with E-state index in [0.717, 1.165) is 27.9 Å². The van der Waals surface area contributed by atoms with E-state index >= 15 is 0 Å². The molecule has 0 radical (unpaired) electrons. The zero-order valence-electron chi connectivity index (χ0n) is 17.0. The van der Waals surface area contributed by atoms with Crippen LogP contribution in [0.4, 0.5) is 0 Å². The van der Waals surface area contributed by atoms with E-state index in [2.05, 4.69) is 9.97 Å². The number of para-hydroxylation sites is 2. The van der Waals surface area contributed by atoms with E-state index in [9.17, 15) is 4.79 Å². The average molecular weight is 443 g/mol. The number of furan rings is 1. The number of benzene rings is 3. The van der Waals surface area contributed by atoms with Gasteiger partial charge in [-0.2, -0.15) is 0 Å². The minimum absolute atomic E-state index is 0.229. The highest BCUT2D eigenvalue weighted by Gasteiger charge is 2.18. The van der Waals surface area contributed by atoms with E-state index < -0.39 is 0 Å². The highest BCUT2D eigenvalue weighted by Crippen LogP contribution is 2.27. The number of fused-ring (bicyclic) bond motifs is 1. The molecule has 1 N–H and O–H groups in total. The molecule has 0 saturated heterocycles. The van der Waals surface area contributed by atoms with Gasteiger partial charge in [-0.05, 0) is 48.0 Å². The molecule has 0 aliphatic carbocycles. The van der Waals surface area contributed by atoms with Crippen LogP contribution in [0.3, 0.4) is 0 Å². The number of nitrogens with one attached hydrogen (secondary N) is 1. The van der Waals surface area contributed by atoms with E-state index in [-0.39, 0.29) is 17.4 Å². The van der Waals surface area contributed by atoms with Crippen LogP contribution in [0.5, 0.6) is 5.75 Å². The van der Waals surface area contributed by atoms with Crippen molar-refractivity contribution in [2.75, 3.05) is 0 Å². The first kappa shape index (κ1) is 20.1. The van der Waals surface area contributed by atoms with Crippen molar-refractivity contribution < 1.29 is 13.9 Å². The van der Waals surface area contributed by atoms with Crippen LogP contribution >= 0.6 is 11.6 Å². The van der Waals surface area contributed by atoms with E-state index in [0.29, 0.717) is 23.8 Å².